The Morgan fingerprint density at radius 1 is 0.804 bits per heavy atom. The minimum absolute atomic E-state index is 0.0779. The first-order valence-corrected chi connectivity index (χ1v) is 15.6. The molecule has 46 heavy (non-hydrogen) atoms. The highest BCUT2D eigenvalue weighted by Crippen LogP contribution is 2.50. The number of benzene rings is 4. The smallest absolute Gasteiger partial charge is 0.335 e. The molecule has 1 N–H and O–H groups in total. The number of amides is 4. The average Bonchev–Trinajstić information content (AvgIpc) is 3.07. The van der Waals surface area contributed by atoms with Crippen molar-refractivity contribution in [3.63, 3.8) is 0 Å². The van der Waals surface area contributed by atoms with E-state index in [1.807, 2.05) is 48.5 Å². The van der Waals surface area contributed by atoms with Gasteiger partial charge in [0.1, 0.15) is 5.57 Å². The van der Waals surface area contributed by atoms with Crippen LogP contribution >= 0.6 is 11.6 Å². The molecule has 3 heterocycles. The third-order valence-electron chi connectivity index (χ3n) is 9.13. The number of halogens is 1. The van der Waals surface area contributed by atoms with Gasteiger partial charge in [-0.3, -0.25) is 14.9 Å². The van der Waals surface area contributed by atoms with Gasteiger partial charge in [0.05, 0.1) is 24.9 Å². The molecule has 0 aliphatic carbocycles. The number of nitrogens with zero attached hydrogens (tertiary/aromatic N) is 2. The van der Waals surface area contributed by atoms with Gasteiger partial charge in [-0.1, -0.05) is 72.3 Å². The second-order valence-corrected chi connectivity index (χ2v) is 12.1. The monoisotopic (exact) mass is 633 g/mol. The summed E-state index contributed by atoms with van der Waals surface area (Å²) in [5.74, 6) is -0.672. The molecule has 1 saturated heterocycles. The van der Waals surface area contributed by atoms with E-state index in [9.17, 15) is 14.4 Å². The van der Waals surface area contributed by atoms with E-state index in [1.165, 1.54) is 37.1 Å². The van der Waals surface area contributed by atoms with Gasteiger partial charge < -0.3 is 14.4 Å². The number of carbonyl (C=O) groups excluding carboxylic acids is 3. The second-order valence-electron chi connectivity index (χ2n) is 11.7. The molecule has 232 valence electrons. The van der Waals surface area contributed by atoms with Crippen molar-refractivity contribution in [3.8, 4) is 11.5 Å². The Labute approximate surface area is 272 Å². The first kappa shape index (κ1) is 29.6. The van der Waals surface area contributed by atoms with Crippen LogP contribution in [0.1, 0.15) is 52.5 Å². The molecule has 2 atom stereocenters. The second kappa shape index (κ2) is 12.0. The summed E-state index contributed by atoms with van der Waals surface area (Å²) in [6.07, 6.45) is 3.22. The number of imide groups is 2. The molecule has 3 aliphatic heterocycles. The van der Waals surface area contributed by atoms with Gasteiger partial charge in [-0.05, 0) is 71.0 Å². The summed E-state index contributed by atoms with van der Waals surface area (Å²) in [6.45, 7) is 1.83. The van der Waals surface area contributed by atoms with Crippen LogP contribution in [-0.4, -0.2) is 45.2 Å². The summed E-state index contributed by atoms with van der Waals surface area (Å²) >= 11 is 6.41. The number of urea groups is 1. The highest BCUT2D eigenvalue weighted by Gasteiger charge is 2.40. The summed E-state index contributed by atoms with van der Waals surface area (Å²) < 4.78 is 10.7. The van der Waals surface area contributed by atoms with E-state index in [0.717, 1.165) is 42.0 Å². The van der Waals surface area contributed by atoms with Crippen molar-refractivity contribution >= 4 is 46.9 Å². The van der Waals surface area contributed by atoms with Crippen LogP contribution in [0.2, 0.25) is 5.02 Å². The zero-order valence-corrected chi connectivity index (χ0v) is 26.2. The molecule has 4 aromatic rings. The molecular formula is C37H32ClN3O5. The Balaban J connectivity index is 1.38. The van der Waals surface area contributed by atoms with Gasteiger partial charge in [-0.25, -0.2) is 9.69 Å². The SMILES string of the molecule is COc1cc(/C=C2\C(=O)NC(=O)N(c3cc4c5c(c3)[C@H](c3ccccc3)CCN5CC[C@@H]4c3ccccc3)C2=O)cc(Cl)c1OC. The maximum Gasteiger partial charge on any atom is 0.335 e. The third-order valence-corrected chi connectivity index (χ3v) is 9.41. The molecule has 3 aliphatic rings. The van der Waals surface area contributed by atoms with Gasteiger partial charge in [0.25, 0.3) is 11.8 Å². The molecule has 0 unspecified atom stereocenters. The summed E-state index contributed by atoms with van der Waals surface area (Å²) in [5, 5.41) is 2.63. The summed E-state index contributed by atoms with van der Waals surface area (Å²) in [4.78, 5) is 44.2. The first-order chi connectivity index (χ1) is 22.4. The fourth-order valence-corrected chi connectivity index (χ4v) is 7.34. The molecule has 4 aromatic carbocycles. The highest BCUT2D eigenvalue weighted by molar-refractivity contribution is 6.39. The van der Waals surface area contributed by atoms with E-state index in [1.54, 1.807) is 12.1 Å². The van der Waals surface area contributed by atoms with Gasteiger partial charge in [-0.2, -0.15) is 0 Å². The maximum absolute atomic E-state index is 14.1. The zero-order chi connectivity index (χ0) is 31.9. The summed E-state index contributed by atoms with van der Waals surface area (Å²) in [6, 6.07) is 27.0. The maximum atomic E-state index is 14.1. The van der Waals surface area contributed by atoms with Crippen molar-refractivity contribution in [1.82, 2.24) is 5.32 Å². The molecule has 0 saturated carbocycles. The topological polar surface area (TPSA) is 88.2 Å². The average molecular weight is 634 g/mol. The number of carbonyl (C=O) groups is 3. The van der Waals surface area contributed by atoms with Crippen LogP contribution < -0.4 is 24.6 Å². The lowest BCUT2D eigenvalue weighted by Gasteiger charge is -2.44. The van der Waals surface area contributed by atoms with Crippen molar-refractivity contribution in [2.45, 2.75) is 24.7 Å². The van der Waals surface area contributed by atoms with Gasteiger partial charge >= 0.3 is 6.03 Å². The summed E-state index contributed by atoms with van der Waals surface area (Å²) in [5.41, 5.74) is 6.33. The zero-order valence-electron chi connectivity index (χ0n) is 25.5. The molecule has 0 spiro atoms. The standard InChI is InChI=1S/C37H32ClN3O5/c1-45-32-19-22(18-31(38)34(32)46-2)17-30-35(42)39-37(44)41(36(30)43)25-20-28-26(23-9-5-3-6-10-23)13-15-40-16-14-27(29(21-25)33(28)40)24-11-7-4-8-12-24/h3-12,17-21,26-27H,13-16H2,1-2H3,(H,39,42,44)/b30-17+/t26-,27+. The fourth-order valence-electron chi connectivity index (χ4n) is 7.05. The molecule has 0 bridgehead atoms. The van der Waals surface area contributed by atoms with Crippen molar-refractivity contribution in [2.24, 2.45) is 0 Å². The molecule has 7 rings (SSSR count). The Bertz CT molecular complexity index is 1820. The number of rotatable bonds is 6. The number of methoxy groups -OCH3 is 2. The van der Waals surface area contributed by atoms with Crippen molar-refractivity contribution in [3.05, 3.63) is 123 Å². The molecule has 4 amide bonds. The van der Waals surface area contributed by atoms with Crippen LogP contribution in [-0.2, 0) is 9.59 Å². The van der Waals surface area contributed by atoms with Gasteiger partial charge in [0, 0.05) is 30.6 Å². The van der Waals surface area contributed by atoms with E-state index in [-0.39, 0.29) is 22.4 Å². The first-order valence-electron chi connectivity index (χ1n) is 15.2. The van der Waals surface area contributed by atoms with Crippen LogP contribution in [0.4, 0.5) is 16.2 Å². The number of hydrogen-bond donors (Lipinski definition) is 1. The quantitative estimate of drug-likeness (QED) is 0.184. The van der Waals surface area contributed by atoms with E-state index >= 15 is 0 Å². The molecule has 8 nitrogen and oxygen atoms in total. The molecule has 1 fully saturated rings. The lowest BCUT2D eigenvalue weighted by Crippen LogP contribution is -2.54. The predicted molar refractivity (Wildman–Crippen MR) is 178 cm³/mol. The molecule has 9 heteroatoms. The summed E-state index contributed by atoms with van der Waals surface area (Å²) in [7, 11) is 2.94. The van der Waals surface area contributed by atoms with Crippen LogP contribution in [0.5, 0.6) is 11.5 Å². The van der Waals surface area contributed by atoms with Gasteiger partial charge in [0.2, 0.25) is 0 Å². The Hall–Kier alpha value is -5.08. The minimum atomic E-state index is -0.791. The number of nitrogens with one attached hydrogen (secondary N) is 1. The number of barbiturate groups is 1. The largest absolute Gasteiger partial charge is 0.493 e. The normalized spacial score (nSPS) is 20.0. The predicted octanol–water partition coefficient (Wildman–Crippen LogP) is 6.90. The van der Waals surface area contributed by atoms with Crippen LogP contribution in [0.25, 0.3) is 6.08 Å². The Kier molecular flexibility index (Phi) is 7.74. The Morgan fingerprint density at radius 2 is 1.39 bits per heavy atom. The fraction of sp³-hybridized carbons (Fsp3) is 0.216. The molecule has 0 radical (unpaired) electrons. The van der Waals surface area contributed by atoms with E-state index < -0.39 is 17.8 Å². The number of ether oxygens (including phenoxy) is 2. The van der Waals surface area contributed by atoms with Crippen molar-refractivity contribution < 1.29 is 23.9 Å². The van der Waals surface area contributed by atoms with Gasteiger partial charge in [0.15, 0.2) is 11.5 Å². The van der Waals surface area contributed by atoms with Gasteiger partial charge in [-0.15, -0.1) is 0 Å². The highest BCUT2D eigenvalue weighted by atomic mass is 35.5. The lowest BCUT2D eigenvalue weighted by molar-refractivity contribution is -0.122. The third kappa shape index (κ3) is 5.08. The molecule has 0 aromatic heterocycles. The van der Waals surface area contributed by atoms with Crippen molar-refractivity contribution in [2.75, 3.05) is 37.1 Å². The lowest BCUT2D eigenvalue weighted by atomic mass is 9.76. The number of hydrogen-bond acceptors (Lipinski definition) is 6. The number of anilines is 2. The van der Waals surface area contributed by atoms with Crippen molar-refractivity contribution in [1.29, 1.82) is 0 Å². The van der Waals surface area contributed by atoms with E-state index in [4.69, 9.17) is 21.1 Å². The van der Waals surface area contributed by atoms with E-state index in [2.05, 4.69) is 34.5 Å². The van der Waals surface area contributed by atoms with Crippen LogP contribution in [0.3, 0.4) is 0 Å². The van der Waals surface area contributed by atoms with Crippen LogP contribution in [0, 0.1) is 0 Å². The van der Waals surface area contributed by atoms with Crippen LogP contribution in [0.15, 0.2) is 90.5 Å². The Morgan fingerprint density at radius 3 is 1.93 bits per heavy atom. The molecular weight excluding hydrogens is 602 g/mol. The van der Waals surface area contributed by atoms with E-state index in [0.29, 0.717) is 22.7 Å². The minimum Gasteiger partial charge on any atom is -0.493 e.